The number of hydrogen-bond acceptors (Lipinski definition) is 4. The van der Waals surface area contributed by atoms with Gasteiger partial charge in [-0.1, -0.05) is 29.8 Å². The fraction of sp³-hybridized carbons (Fsp3) is 0.400. The van der Waals surface area contributed by atoms with Crippen LogP contribution in [-0.4, -0.2) is 45.3 Å². The first kappa shape index (κ1) is 18.1. The Hall–Kier alpha value is -1.75. The summed E-state index contributed by atoms with van der Waals surface area (Å²) in [6.45, 7) is 3.97. The minimum absolute atomic E-state index is 0.0265. The van der Waals surface area contributed by atoms with Crippen molar-refractivity contribution in [3.63, 3.8) is 0 Å². The van der Waals surface area contributed by atoms with Crippen LogP contribution in [0.1, 0.15) is 23.6 Å². The van der Waals surface area contributed by atoms with E-state index in [-0.39, 0.29) is 6.04 Å². The van der Waals surface area contributed by atoms with E-state index in [9.17, 15) is 0 Å². The molecule has 0 spiro atoms. The molecule has 0 radical (unpaired) electrons. The maximum Gasteiger partial charge on any atom is 0.124 e. The topological polar surface area (TPSA) is 33.7 Å². The number of rotatable bonds is 5. The Morgan fingerprint density at radius 3 is 2.60 bits per heavy atom. The second-order valence-electron chi connectivity index (χ2n) is 6.17. The van der Waals surface area contributed by atoms with Crippen molar-refractivity contribution >= 4 is 11.6 Å². The summed E-state index contributed by atoms with van der Waals surface area (Å²) in [4.78, 5) is 2.47. The Balaban J connectivity index is 2.12. The summed E-state index contributed by atoms with van der Waals surface area (Å²) in [5.74, 6) is 1.67. The van der Waals surface area contributed by atoms with Crippen molar-refractivity contribution in [2.45, 2.75) is 12.5 Å². The van der Waals surface area contributed by atoms with Gasteiger partial charge in [0, 0.05) is 30.2 Å². The van der Waals surface area contributed by atoms with Crippen LogP contribution in [0.4, 0.5) is 0 Å². The summed E-state index contributed by atoms with van der Waals surface area (Å²) in [5, 5.41) is 4.24. The Bertz CT molecular complexity index is 700. The van der Waals surface area contributed by atoms with Gasteiger partial charge in [-0.25, -0.2) is 0 Å². The number of benzene rings is 2. The van der Waals surface area contributed by atoms with Crippen LogP contribution in [0.5, 0.6) is 11.5 Å². The fourth-order valence-corrected chi connectivity index (χ4v) is 3.67. The highest BCUT2D eigenvalue weighted by molar-refractivity contribution is 6.31. The molecule has 2 aromatic carbocycles. The van der Waals surface area contributed by atoms with Crippen LogP contribution in [0, 0.1) is 0 Å². The van der Waals surface area contributed by atoms with Crippen LogP contribution < -0.4 is 14.8 Å². The molecule has 0 aliphatic carbocycles. The van der Waals surface area contributed by atoms with Crippen molar-refractivity contribution in [1.29, 1.82) is 0 Å². The Morgan fingerprint density at radius 2 is 1.84 bits per heavy atom. The zero-order valence-corrected chi connectivity index (χ0v) is 15.6. The number of hydrogen-bond donors (Lipinski definition) is 1. The molecule has 0 amide bonds. The first-order chi connectivity index (χ1) is 12.2. The van der Waals surface area contributed by atoms with Crippen LogP contribution in [0.15, 0.2) is 42.5 Å². The highest BCUT2D eigenvalue weighted by Crippen LogP contribution is 2.39. The molecule has 1 saturated heterocycles. The van der Waals surface area contributed by atoms with Crippen molar-refractivity contribution in [3.05, 3.63) is 58.6 Å². The van der Waals surface area contributed by atoms with Crippen molar-refractivity contribution in [2.75, 3.05) is 40.4 Å². The van der Waals surface area contributed by atoms with E-state index < -0.39 is 0 Å². The molecule has 0 saturated carbocycles. The molecule has 1 unspecified atom stereocenters. The third-order valence-electron chi connectivity index (χ3n) is 4.67. The molecule has 1 aliphatic heterocycles. The molecule has 0 bridgehead atoms. The van der Waals surface area contributed by atoms with Gasteiger partial charge in [-0.05, 0) is 42.8 Å². The first-order valence-electron chi connectivity index (χ1n) is 8.65. The van der Waals surface area contributed by atoms with Gasteiger partial charge in [0.05, 0.1) is 20.3 Å². The minimum atomic E-state index is 0.0265. The largest absolute Gasteiger partial charge is 0.497 e. The molecule has 1 atom stereocenters. The molecule has 1 aliphatic rings. The van der Waals surface area contributed by atoms with E-state index in [0.717, 1.165) is 60.2 Å². The quantitative estimate of drug-likeness (QED) is 0.880. The van der Waals surface area contributed by atoms with Gasteiger partial charge >= 0.3 is 0 Å². The molecule has 3 rings (SSSR count). The third-order valence-corrected chi connectivity index (χ3v) is 5.02. The van der Waals surface area contributed by atoms with E-state index in [0.29, 0.717) is 0 Å². The summed E-state index contributed by atoms with van der Waals surface area (Å²) < 4.78 is 11.1. The standard InChI is InChI=1S/C20H25ClN2O2/c1-24-15-8-9-19(25-2)17(14-15)20(16-6-3-4-7-18(16)21)23-12-5-10-22-11-13-23/h3-4,6-9,14,20,22H,5,10-13H2,1-2H3. The molecule has 1 fully saturated rings. The summed E-state index contributed by atoms with van der Waals surface area (Å²) in [7, 11) is 3.39. The fourth-order valence-electron chi connectivity index (χ4n) is 3.44. The molecule has 0 aromatic heterocycles. The lowest BCUT2D eigenvalue weighted by molar-refractivity contribution is 0.236. The number of halogens is 1. The maximum absolute atomic E-state index is 6.58. The average Bonchev–Trinajstić information content (AvgIpc) is 2.93. The first-order valence-corrected chi connectivity index (χ1v) is 9.03. The summed E-state index contributed by atoms with van der Waals surface area (Å²) >= 11 is 6.58. The molecule has 134 valence electrons. The van der Waals surface area contributed by atoms with Gasteiger partial charge < -0.3 is 14.8 Å². The maximum atomic E-state index is 6.58. The number of nitrogens with zero attached hydrogens (tertiary/aromatic N) is 1. The van der Waals surface area contributed by atoms with Gasteiger partial charge in [0.1, 0.15) is 11.5 Å². The van der Waals surface area contributed by atoms with Crippen molar-refractivity contribution in [1.82, 2.24) is 10.2 Å². The van der Waals surface area contributed by atoms with E-state index in [1.165, 1.54) is 0 Å². The molecule has 25 heavy (non-hydrogen) atoms. The van der Waals surface area contributed by atoms with Crippen LogP contribution in [0.25, 0.3) is 0 Å². The van der Waals surface area contributed by atoms with Crippen LogP contribution in [0.3, 0.4) is 0 Å². The average molecular weight is 361 g/mol. The summed E-state index contributed by atoms with van der Waals surface area (Å²) in [6.07, 6.45) is 1.10. The van der Waals surface area contributed by atoms with E-state index in [4.69, 9.17) is 21.1 Å². The number of methoxy groups -OCH3 is 2. The highest BCUT2D eigenvalue weighted by atomic mass is 35.5. The van der Waals surface area contributed by atoms with Gasteiger partial charge in [0.25, 0.3) is 0 Å². The van der Waals surface area contributed by atoms with Crippen molar-refractivity contribution in [3.8, 4) is 11.5 Å². The highest BCUT2D eigenvalue weighted by Gasteiger charge is 2.28. The van der Waals surface area contributed by atoms with Crippen LogP contribution in [-0.2, 0) is 0 Å². The predicted octanol–water partition coefficient (Wildman–Crippen LogP) is 3.74. The Kier molecular flexibility index (Phi) is 6.19. The van der Waals surface area contributed by atoms with E-state index in [2.05, 4.69) is 22.3 Å². The van der Waals surface area contributed by atoms with Gasteiger partial charge in [0.2, 0.25) is 0 Å². The predicted molar refractivity (Wildman–Crippen MR) is 102 cm³/mol. The molecule has 4 nitrogen and oxygen atoms in total. The second-order valence-corrected chi connectivity index (χ2v) is 6.58. The smallest absolute Gasteiger partial charge is 0.124 e. The van der Waals surface area contributed by atoms with Crippen molar-refractivity contribution < 1.29 is 9.47 Å². The van der Waals surface area contributed by atoms with E-state index in [1.807, 2.05) is 30.3 Å². The number of ether oxygens (including phenoxy) is 2. The molecular formula is C20H25ClN2O2. The Labute approximate surface area is 154 Å². The lowest BCUT2D eigenvalue weighted by atomic mass is 9.95. The normalized spacial score (nSPS) is 16.9. The molecule has 2 aromatic rings. The zero-order chi connectivity index (χ0) is 17.6. The van der Waals surface area contributed by atoms with E-state index >= 15 is 0 Å². The van der Waals surface area contributed by atoms with Gasteiger partial charge in [-0.15, -0.1) is 0 Å². The van der Waals surface area contributed by atoms with Gasteiger partial charge in [-0.2, -0.15) is 0 Å². The number of nitrogens with one attached hydrogen (secondary N) is 1. The summed E-state index contributed by atoms with van der Waals surface area (Å²) in [5.41, 5.74) is 2.18. The van der Waals surface area contributed by atoms with Crippen molar-refractivity contribution in [2.24, 2.45) is 0 Å². The zero-order valence-electron chi connectivity index (χ0n) is 14.8. The second kappa shape index (κ2) is 8.56. The monoisotopic (exact) mass is 360 g/mol. The summed E-state index contributed by atoms with van der Waals surface area (Å²) in [6, 6.07) is 14.0. The minimum Gasteiger partial charge on any atom is -0.497 e. The lowest BCUT2D eigenvalue weighted by Gasteiger charge is -2.33. The molecule has 5 heteroatoms. The molecule has 1 heterocycles. The van der Waals surface area contributed by atoms with Gasteiger partial charge in [-0.3, -0.25) is 4.90 Å². The Morgan fingerprint density at radius 1 is 1.00 bits per heavy atom. The van der Waals surface area contributed by atoms with Crippen LogP contribution >= 0.6 is 11.6 Å². The SMILES string of the molecule is COc1ccc(OC)c(C(c2ccccc2Cl)N2CCCNCC2)c1. The molecule has 1 N–H and O–H groups in total. The van der Waals surface area contributed by atoms with E-state index in [1.54, 1.807) is 14.2 Å². The van der Waals surface area contributed by atoms with Crippen LogP contribution in [0.2, 0.25) is 5.02 Å². The third kappa shape index (κ3) is 4.09. The molecular weight excluding hydrogens is 336 g/mol. The lowest BCUT2D eigenvalue weighted by Crippen LogP contribution is -2.33. The van der Waals surface area contributed by atoms with Gasteiger partial charge in [0.15, 0.2) is 0 Å².